The smallest absolute Gasteiger partial charge is 0.319 e. The monoisotopic (exact) mass is 431 g/mol. The number of likely N-dealkylation sites (N-methyl/N-ethyl adjacent to an activating group) is 1. The van der Waals surface area contributed by atoms with E-state index in [0.717, 1.165) is 48.4 Å². The zero-order valence-corrected chi connectivity index (χ0v) is 18.3. The summed E-state index contributed by atoms with van der Waals surface area (Å²) in [4.78, 5) is 21.6. The molecule has 0 spiro atoms. The van der Waals surface area contributed by atoms with Crippen LogP contribution in [0.1, 0.15) is 29.2 Å². The molecule has 2 atom stereocenters. The van der Waals surface area contributed by atoms with Gasteiger partial charge in [-0.25, -0.2) is 10.6 Å². The lowest BCUT2D eigenvalue weighted by molar-refractivity contribution is 0.0895. The molecule has 0 saturated carbocycles. The standard InChI is InChI=1S/C24H29N7O/c1-29-14-19(17-5-3-2-4-6-17)13-20(15-29)31(25)24(32)30-12-9-22-21(16-30)23(28-27-22)18-7-10-26-11-8-18/h2-8,10-11,19-20H,9,12-16,25H2,1H3,(H,27,28). The molecule has 2 aliphatic heterocycles. The summed E-state index contributed by atoms with van der Waals surface area (Å²) in [6.45, 7) is 2.88. The van der Waals surface area contributed by atoms with Gasteiger partial charge in [0.2, 0.25) is 0 Å². The molecule has 1 saturated heterocycles. The number of hydrazine groups is 1. The minimum atomic E-state index is -0.121. The number of benzene rings is 1. The van der Waals surface area contributed by atoms with Crippen LogP contribution in [0.25, 0.3) is 11.3 Å². The number of urea groups is 1. The van der Waals surface area contributed by atoms with E-state index in [1.54, 1.807) is 12.4 Å². The Kier molecular flexibility index (Phi) is 5.63. The molecule has 32 heavy (non-hydrogen) atoms. The van der Waals surface area contributed by atoms with Crippen LogP contribution in [0.4, 0.5) is 4.79 Å². The first kappa shape index (κ1) is 20.7. The predicted molar refractivity (Wildman–Crippen MR) is 122 cm³/mol. The second kappa shape index (κ2) is 8.72. The summed E-state index contributed by atoms with van der Waals surface area (Å²) in [7, 11) is 2.10. The Bertz CT molecular complexity index is 1070. The molecule has 3 aromatic rings. The van der Waals surface area contributed by atoms with Gasteiger partial charge in [-0.1, -0.05) is 30.3 Å². The number of hydrogen-bond acceptors (Lipinski definition) is 5. The van der Waals surface area contributed by atoms with Crippen LogP contribution >= 0.6 is 0 Å². The fraction of sp³-hybridized carbons (Fsp3) is 0.375. The number of nitrogens with one attached hydrogen (secondary N) is 1. The Balaban J connectivity index is 1.31. The molecule has 8 heteroatoms. The van der Waals surface area contributed by atoms with Crippen molar-refractivity contribution in [3.63, 3.8) is 0 Å². The number of amides is 2. The van der Waals surface area contributed by atoms with Crippen molar-refractivity contribution >= 4 is 6.03 Å². The highest BCUT2D eigenvalue weighted by Crippen LogP contribution is 2.30. The molecule has 1 fully saturated rings. The summed E-state index contributed by atoms with van der Waals surface area (Å²) >= 11 is 0. The lowest BCUT2D eigenvalue weighted by atomic mass is 9.88. The Hall–Kier alpha value is -3.23. The molecule has 0 aliphatic carbocycles. The van der Waals surface area contributed by atoms with E-state index in [4.69, 9.17) is 5.84 Å². The number of aromatic amines is 1. The maximum Gasteiger partial charge on any atom is 0.334 e. The molecular weight excluding hydrogens is 402 g/mol. The largest absolute Gasteiger partial charge is 0.334 e. The predicted octanol–water partition coefficient (Wildman–Crippen LogP) is 2.61. The molecule has 166 valence electrons. The van der Waals surface area contributed by atoms with E-state index in [1.807, 2.05) is 23.1 Å². The molecule has 4 heterocycles. The number of aromatic nitrogens is 3. The third kappa shape index (κ3) is 3.99. The number of carbonyl (C=O) groups excluding carboxylic acids is 1. The van der Waals surface area contributed by atoms with Crippen molar-refractivity contribution < 1.29 is 4.79 Å². The molecule has 2 aromatic heterocycles. The Morgan fingerprint density at radius 3 is 2.72 bits per heavy atom. The zero-order chi connectivity index (χ0) is 22.1. The van der Waals surface area contributed by atoms with Crippen LogP contribution in [0, 0.1) is 0 Å². The number of carbonyl (C=O) groups is 1. The number of likely N-dealkylation sites (tertiary alicyclic amines) is 1. The van der Waals surface area contributed by atoms with Gasteiger partial charge in [0.1, 0.15) is 0 Å². The third-order valence-electron chi connectivity index (χ3n) is 6.65. The minimum Gasteiger partial charge on any atom is -0.319 e. The van der Waals surface area contributed by atoms with E-state index < -0.39 is 0 Å². The van der Waals surface area contributed by atoms with Gasteiger partial charge in [-0.3, -0.25) is 15.1 Å². The van der Waals surface area contributed by atoms with Crippen LogP contribution in [0.15, 0.2) is 54.9 Å². The van der Waals surface area contributed by atoms with Crippen LogP contribution < -0.4 is 5.84 Å². The van der Waals surface area contributed by atoms with Crippen molar-refractivity contribution in [1.82, 2.24) is 30.0 Å². The molecule has 0 radical (unpaired) electrons. The Morgan fingerprint density at radius 1 is 1.16 bits per heavy atom. The molecule has 3 N–H and O–H groups in total. The van der Waals surface area contributed by atoms with Gasteiger partial charge in [0.15, 0.2) is 0 Å². The number of nitrogens with two attached hydrogens (primary N) is 1. The van der Waals surface area contributed by atoms with Crippen LogP contribution in [0.3, 0.4) is 0 Å². The summed E-state index contributed by atoms with van der Waals surface area (Å²) in [6, 6.07) is 14.2. The van der Waals surface area contributed by atoms with Crippen molar-refractivity contribution in [2.75, 3.05) is 26.7 Å². The van der Waals surface area contributed by atoms with E-state index in [1.165, 1.54) is 10.6 Å². The third-order valence-corrected chi connectivity index (χ3v) is 6.65. The molecule has 2 aliphatic rings. The van der Waals surface area contributed by atoms with Crippen LogP contribution in [0.2, 0.25) is 0 Å². The van der Waals surface area contributed by atoms with Crippen LogP contribution in [-0.4, -0.2) is 68.7 Å². The number of fused-ring (bicyclic) bond motifs is 1. The fourth-order valence-corrected chi connectivity index (χ4v) is 4.98. The summed E-state index contributed by atoms with van der Waals surface area (Å²) in [5.41, 5.74) is 5.33. The number of nitrogens with zero attached hydrogens (tertiary/aromatic N) is 5. The fourth-order valence-electron chi connectivity index (χ4n) is 4.98. The summed E-state index contributed by atoms with van der Waals surface area (Å²) < 4.78 is 0. The van der Waals surface area contributed by atoms with E-state index >= 15 is 0 Å². The van der Waals surface area contributed by atoms with E-state index in [9.17, 15) is 4.79 Å². The van der Waals surface area contributed by atoms with Crippen molar-refractivity contribution in [2.45, 2.75) is 31.3 Å². The SMILES string of the molecule is CN1CC(c2ccccc2)CC(N(N)C(=O)N2CCc3[nH]nc(-c4ccncc4)c3C2)C1. The molecular formula is C24H29N7O. The number of hydrogen-bond donors (Lipinski definition) is 2. The Morgan fingerprint density at radius 2 is 1.94 bits per heavy atom. The van der Waals surface area contributed by atoms with Gasteiger partial charge in [-0.15, -0.1) is 0 Å². The number of piperidine rings is 1. The maximum absolute atomic E-state index is 13.4. The first-order chi connectivity index (χ1) is 15.6. The van der Waals surface area contributed by atoms with Crippen molar-refractivity contribution in [1.29, 1.82) is 0 Å². The van der Waals surface area contributed by atoms with E-state index in [2.05, 4.69) is 51.4 Å². The van der Waals surface area contributed by atoms with Crippen LogP contribution in [0.5, 0.6) is 0 Å². The number of rotatable bonds is 3. The molecule has 5 rings (SSSR count). The molecule has 2 unspecified atom stereocenters. The molecule has 2 amide bonds. The van der Waals surface area contributed by atoms with E-state index in [-0.39, 0.29) is 12.1 Å². The van der Waals surface area contributed by atoms with Gasteiger partial charge < -0.3 is 9.80 Å². The molecule has 1 aromatic carbocycles. The normalized spacial score (nSPS) is 21.2. The lowest BCUT2D eigenvalue weighted by Crippen LogP contribution is -2.58. The summed E-state index contributed by atoms with van der Waals surface area (Å²) in [5, 5.41) is 9.12. The highest BCUT2D eigenvalue weighted by Gasteiger charge is 2.35. The summed E-state index contributed by atoms with van der Waals surface area (Å²) in [5.74, 6) is 6.81. The summed E-state index contributed by atoms with van der Waals surface area (Å²) in [6.07, 6.45) is 5.12. The molecule has 8 nitrogen and oxygen atoms in total. The minimum absolute atomic E-state index is 0.0307. The van der Waals surface area contributed by atoms with Gasteiger partial charge in [0, 0.05) is 55.3 Å². The maximum atomic E-state index is 13.4. The number of pyridine rings is 1. The van der Waals surface area contributed by atoms with Gasteiger partial charge in [-0.2, -0.15) is 5.10 Å². The first-order valence-electron chi connectivity index (χ1n) is 11.1. The van der Waals surface area contributed by atoms with Gasteiger partial charge in [0.05, 0.1) is 18.3 Å². The highest BCUT2D eigenvalue weighted by molar-refractivity contribution is 5.75. The average molecular weight is 432 g/mol. The first-order valence-corrected chi connectivity index (χ1v) is 11.1. The quantitative estimate of drug-likeness (QED) is 0.378. The van der Waals surface area contributed by atoms with Crippen molar-refractivity contribution in [3.8, 4) is 11.3 Å². The lowest BCUT2D eigenvalue weighted by Gasteiger charge is -2.41. The van der Waals surface area contributed by atoms with E-state index in [0.29, 0.717) is 19.0 Å². The van der Waals surface area contributed by atoms with Gasteiger partial charge >= 0.3 is 6.03 Å². The van der Waals surface area contributed by atoms with Crippen molar-refractivity contribution in [2.24, 2.45) is 5.84 Å². The van der Waals surface area contributed by atoms with Gasteiger partial charge in [0.25, 0.3) is 0 Å². The second-order valence-electron chi connectivity index (χ2n) is 8.84. The second-order valence-corrected chi connectivity index (χ2v) is 8.84. The number of H-pyrrole nitrogens is 1. The average Bonchev–Trinajstić information content (AvgIpc) is 3.27. The Labute approximate surface area is 188 Å². The van der Waals surface area contributed by atoms with Gasteiger partial charge in [-0.05, 0) is 37.1 Å². The topological polar surface area (TPSA) is 94.4 Å². The zero-order valence-electron chi connectivity index (χ0n) is 18.3. The molecule has 0 bridgehead atoms. The van der Waals surface area contributed by atoms with Crippen LogP contribution in [-0.2, 0) is 13.0 Å². The van der Waals surface area contributed by atoms with Crippen molar-refractivity contribution in [3.05, 3.63) is 71.7 Å². The highest BCUT2D eigenvalue weighted by atomic mass is 16.2.